The predicted octanol–water partition coefficient (Wildman–Crippen LogP) is 1.98. The van der Waals surface area contributed by atoms with Crippen molar-refractivity contribution >= 4 is 11.9 Å². The van der Waals surface area contributed by atoms with Crippen molar-refractivity contribution in [3.63, 3.8) is 0 Å². The molecule has 0 saturated heterocycles. The molecule has 1 aromatic carbocycles. The molecule has 5 nitrogen and oxygen atoms in total. The summed E-state index contributed by atoms with van der Waals surface area (Å²) >= 11 is 0. The molecule has 0 aliphatic carbocycles. The van der Waals surface area contributed by atoms with Gasteiger partial charge in [-0.1, -0.05) is 19.1 Å². The maximum Gasteiger partial charge on any atom is 0.291 e. The average Bonchev–Trinajstić information content (AvgIpc) is 2.45. The lowest BCUT2D eigenvalue weighted by Crippen LogP contribution is -2.33. The molecular formula is C14H19FN2O3. The van der Waals surface area contributed by atoms with Crippen molar-refractivity contribution in [3.05, 3.63) is 35.6 Å². The summed E-state index contributed by atoms with van der Waals surface area (Å²) in [6.07, 6.45) is 0.777. The number of ether oxygens (including phenoxy) is 2. The summed E-state index contributed by atoms with van der Waals surface area (Å²) in [7, 11) is 1.56. The summed E-state index contributed by atoms with van der Waals surface area (Å²) in [5, 5.41) is 2.46. The number of amides is 1. The van der Waals surface area contributed by atoms with Gasteiger partial charge in [-0.2, -0.15) is 0 Å². The molecule has 6 heteroatoms. The highest BCUT2D eigenvalue weighted by molar-refractivity contribution is 6.04. The summed E-state index contributed by atoms with van der Waals surface area (Å²) in [6.45, 7) is 3.12. The molecule has 0 aliphatic heterocycles. The molecule has 0 atom stereocenters. The monoisotopic (exact) mass is 282 g/mol. The van der Waals surface area contributed by atoms with Gasteiger partial charge in [0.1, 0.15) is 5.82 Å². The van der Waals surface area contributed by atoms with E-state index in [-0.39, 0.29) is 11.6 Å². The van der Waals surface area contributed by atoms with E-state index in [4.69, 9.17) is 9.47 Å². The standard InChI is InChI=1S/C14H19FN2O3/c1-3-9-20-14(16-8-10-19-2)17-13(18)11-6-4-5-7-12(11)15/h4-7H,3,8-10H2,1-2H3,(H,16,17,18). The Bertz CT molecular complexity index is 463. The number of amidine groups is 1. The number of carbonyl (C=O) groups excluding carboxylic acids is 1. The van der Waals surface area contributed by atoms with Crippen molar-refractivity contribution in [2.75, 3.05) is 26.9 Å². The van der Waals surface area contributed by atoms with E-state index in [1.165, 1.54) is 18.2 Å². The summed E-state index contributed by atoms with van der Waals surface area (Å²) < 4.78 is 23.7. The highest BCUT2D eigenvalue weighted by Gasteiger charge is 2.13. The quantitative estimate of drug-likeness (QED) is 0.493. The summed E-state index contributed by atoms with van der Waals surface area (Å²) in [6, 6.07) is 5.82. The van der Waals surface area contributed by atoms with Gasteiger partial charge in [0.2, 0.25) is 0 Å². The first kappa shape index (κ1) is 16.1. The number of aliphatic imine (C=N–C) groups is 1. The molecule has 0 spiro atoms. The summed E-state index contributed by atoms with van der Waals surface area (Å²) in [5.74, 6) is -1.17. The van der Waals surface area contributed by atoms with Gasteiger partial charge in [-0.15, -0.1) is 0 Å². The van der Waals surface area contributed by atoms with Gasteiger partial charge >= 0.3 is 0 Å². The smallest absolute Gasteiger partial charge is 0.291 e. The number of methoxy groups -OCH3 is 1. The number of benzene rings is 1. The lowest BCUT2D eigenvalue weighted by molar-refractivity contribution is 0.0961. The van der Waals surface area contributed by atoms with Crippen LogP contribution in [-0.4, -0.2) is 38.8 Å². The zero-order valence-corrected chi connectivity index (χ0v) is 11.7. The zero-order valence-electron chi connectivity index (χ0n) is 11.7. The van der Waals surface area contributed by atoms with Crippen LogP contribution in [0.1, 0.15) is 23.7 Å². The fourth-order valence-corrected chi connectivity index (χ4v) is 1.37. The van der Waals surface area contributed by atoms with E-state index < -0.39 is 11.7 Å². The Morgan fingerprint density at radius 3 is 2.75 bits per heavy atom. The third-order valence-electron chi connectivity index (χ3n) is 2.33. The number of carbonyl (C=O) groups is 1. The minimum atomic E-state index is -0.588. The Morgan fingerprint density at radius 1 is 1.35 bits per heavy atom. The van der Waals surface area contributed by atoms with Crippen LogP contribution in [0.25, 0.3) is 0 Å². The van der Waals surface area contributed by atoms with Crippen LogP contribution in [0.4, 0.5) is 4.39 Å². The lowest BCUT2D eigenvalue weighted by atomic mass is 10.2. The predicted molar refractivity (Wildman–Crippen MR) is 74.3 cm³/mol. The summed E-state index contributed by atoms with van der Waals surface area (Å²) in [4.78, 5) is 16.0. The fourth-order valence-electron chi connectivity index (χ4n) is 1.37. The van der Waals surface area contributed by atoms with Crippen LogP contribution in [-0.2, 0) is 9.47 Å². The van der Waals surface area contributed by atoms with E-state index in [1.807, 2.05) is 6.92 Å². The first-order valence-electron chi connectivity index (χ1n) is 6.41. The first-order valence-corrected chi connectivity index (χ1v) is 6.41. The Labute approximate surface area is 117 Å². The van der Waals surface area contributed by atoms with Gasteiger partial charge in [-0.3, -0.25) is 10.1 Å². The molecule has 0 unspecified atom stereocenters. The van der Waals surface area contributed by atoms with Gasteiger partial charge in [-0.25, -0.2) is 9.38 Å². The van der Waals surface area contributed by atoms with E-state index in [0.29, 0.717) is 19.8 Å². The second-order valence-electron chi connectivity index (χ2n) is 3.96. The largest absolute Gasteiger partial charge is 0.465 e. The minimum absolute atomic E-state index is 0.0490. The molecule has 1 aromatic rings. The van der Waals surface area contributed by atoms with Crippen LogP contribution in [0.5, 0.6) is 0 Å². The number of nitrogens with zero attached hydrogens (tertiary/aromatic N) is 1. The summed E-state index contributed by atoms with van der Waals surface area (Å²) in [5.41, 5.74) is -0.0490. The van der Waals surface area contributed by atoms with Crippen molar-refractivity contribution in [2.24, 2.45) is 4.99 Å². The third kappa shape index (κ3) is 5.36. The normalized spacial score (nSPS) is 11.2. The molecular weight excluding hydrogens is 263 g/mol. The Hall–Kier alpha value is -1.95. The van der Waals surface area contributed by atoms with Crippen LogP contribution >= 0.6 is 0 Å². The van der Waals surface area contributed by atoms with Crippen LogP contribution in [0.15, 0.2) is 29.3 Å². The number of hydrogen-bond donors (Lipinski definition) is 1. The van der Waals surface area contributed by atoms with Gasteiger partial charge in [-0.05, 0) is 18.6 Å². The van der Waals surface area contributed by atoms with Gasteiger partial charge in [0.15, 0.2) is 0 Å². The van der Waals surface area contributed by atoms with E-state index in [1.54, 1.807) is 13.2 Å². The van der Waals surface area contributed by atoms with E-state index >= 15 is 0 Å². The number of rotatable bonds is 6. The Kier molecular flexibility index (Phi) is 7.27. The van der Waals surface area contributed by atoms with Crippen molar-refractivity contribution in [1.29, 1.82) is 0 Å². The van der Waals surface area contributed by atoms with Gasteiger partial charge in [0.05, 0.1) is 25.3 Å². The molecule has 0 fully saturated rings. The maximum absolute atomic E-state index is 13.5. The molecule has 0 saturated carbocycles. The maximum atomic E-state index is 13.5. The number of hydrogen-bond acceptors (Lipinski definition) is 4. The molecule has 1 N–H and O–H groups in total. The topological polar surface area (TPSA) is 59.9 Å². The second kappa shape index (κ2) is 9.03. The highest BCUT2D eigenvalue weighted by Crippen LogP contribution is 2.05. The van der Waals surface area contributed by atoms with Crippen molar-refractivity contribution < 1.29 is 18.7 Å². The fraction of sp³-hybridized carbons (Fsp3) is 0.429. The molecule has 20 heavy (non-hydrogen) atoms. The number of nitrogens with one attached hydrogen (secondary N) is 1. The molecule has 1 amide bonds. The van der Waals surface area contributed by atoms with Crippen LogP contribution in [0.3, 0.4) is 0 Å². The van der Waals surface area contributed by atoms with Crippen molar-refractivity contribution in [3.8, 4) is 0 Å². The lowest BCUT2D eigenvalue weighted by Gasteiger charge is -2.10. The molecule has 0 aliphatic rings. The van der Waals surface area contributed by atoms with Crippen molar-refractivity contribution in [1.82, 2.24) is 5.32 Å². The average molecular weight is 282 g/mol. The van der Waals surface area contributed by atoms with E-state index in [2.05, 4.69) is 10.3 Å². The second-order valence-corrected chi connectivity index (χ2v) is 3.96. The van der Waals surface area contributed by atoms with E-state index in [9.17, 15) is 9.18 Å². The first-order chi connectivity index (χ1) is 9.69. The minimum Gasteiger partial charge on any atom is -0.465 e. The molecule has 0 radical (unpaired) electrons. The third-order valence-corrected chi connectivity index (χ3v) is 2.33. The number of halogens is 1. The van der Waals surface area contributed by atoms with Crippen LogP contribution in [0.2, 0.25) is 0 Å². The molecule has 0 aromatic heterocycles. The zero-order chi connectivity index (χ0) is 14.8. The van der Waals surface area contributed by atoms with Crippen molar-refractivity contribution in [2.45, 2.75) is 13.3 Å². The molecule has 1 rings (SSSR count). The molecule has 110 valence electrons. The van der Waals surface area contributed by atoms with Gasteiger partial charge in [0.25, 0.3) is 11.9 Å². The van der Waals surface area contributed by atoms with Crippen LogP contribution < -0.4 is 5.32 Å². The van der Waals surface area contributed by atoms with Gasteiger partial charge < -0.3 is 9.47 Å². The SMILES string of the molecule is CCCOC(=NCCOC)NC(=O)c1ccccc1F. The molecule has 0 heterocycles. The Morgan fingerprint density at radius 2 is 2.10 bits per heavy atom. The Balaban J connectivity index is 2.70. The van der Waals surface area contributed by atoms with Gasteiger partial charge in [0, 0.05) is 7.11 Å². The van der Waals surface area contributed by atoms with Crippen LogP contribution in [0, 0.1) is 5.82 Å². The molecule has 0 bridgehead atoms. The van der Waals surface area contributed by atoms with E-state index in [0.717, 1.165) is 6.42 Å². The highest BCUT2D eigenvalue weighted by atomic mass is 19.1.